The van der Waals surface area contributed by atoms with Gasteiger partial charge >= 0.3 is 0 Å². The van der Waals surface area contributed by atoms with Crippen LogP contribution in [-0.4, -0.2) is 78.0 Å². The zero-order valence-electron chi connectivity index (χ0n) is 17.1. The van der Waals surface area contributed by atoms with Gasteiger partial charge in [0.2, 0.25) is 21.9 Å². The largest absolute Gasteiger partial charge is 0.338 e. The molecule has 2 aliphatic heterocycles. The average Bonchev–Trinajstić information content (AvgIpc) is 3.41. The van der Waals surface area contributed by atoms with Gasteiger partial charge in [0, 0.05) is 45.1 Å². The number of hydrogen-bond donors (Lipinski definition) is 0. The first-order chi connectivity index (χ1) is 14.1. The van der Waals surface area contributed by atoms with Crippen molar-refractivity contribution in [1.29, 1.82) is 0 Å². The SMILES string of the molecule is Cl.O=C1C2C3CCC(C3)C2S(=O)(=O)N1CCCCN1CCN(c2ncccn2)CC1. The Hall–Kier alpha value is -1.45. The lowest BCUT2D eigenvalue weighted by Crippen LogP contribution is -2.47. The van der Waals surface area contributed by atoms with Gasteiger partial charge in [-0.15, -0.1) is 12.4 Å². The molecule has 2 saturated heterocycles. The van der Waals surface area contributed by atoms with E-state index in [1.54, 1.807) is 12.4 Å². The molecule has 3 heterocycles. The second-order valence-electron chi connectivity index (χ2n) is 8.86. The van der Waals surface area contributed by atoms with Crippen molar-refractivity contribution in [2.45, 2.75) is 37.4 Å². The molecule has 30 heavy (non-hydrogen) atoms. The topological polar surface area (TPSA) is 86.7 Å². The lowest BCUT2D eigenvalue weighted by molar-refractivity contribution is -0.130. The maximum absolute atomic E-state index is 12.9. The number of carbonyl (C=O) groups is 1. The number of aromatic nitrogens is 2. The lowest BCUT2D eigenvalue weighted by atomic mass is 9.88. The van der Waals surface area contributed by atoms with Crippen molar-refractivity contribution in [2.75, 3.05) is 44.2 Å². The van der Waals surface area contributed by atoms with Gasteiger partial charge in [-0.1, -0.05) is 0 Å². The van der Waals surface area contributed by atoms with Crippen LogP contribution in [-0.2, 0) is 14.8 Å². The molecule has 0 spiro atoms. The molecule has 2 aliphatic carbocycles. The van der Waals surface area contributed by atoms with Gasteiger partial charge in [-0.05, 0) is 56.6 Å². The normalized spacial score (nSPS) is 32.3. The first kappa shape index (κ1) is 21.8. The molecule has 0 aromatic carbocycles. The Balaban J connectivity index is 0.00000218. The Morgan fingerprint density at radius 2 is 1.63 bits per heavy atom. The number of anilines is 1. The van der Waals surface area contributed by atoms with Gasteiger partial charge in [0.15, 0.2) is 0 Å². The number of halogens is 1. The number of hydrogen-bond acceptors (Lipinski definition) is 7. The highest BCUT2D eigenvalue weighted by atomic mass is 35.5. The molecule has 166 valence electrons. The second kappa shape index (κ2) is 8.59. The van der Waals surface area contributed by atoms with Gasteiger partial charge in [0.05, 0.1) is 11.2 Å². The van der Waals surface area contributed by atoms with Gasteiger partial charge in [0.1, 0.15) is 0 Å². The third-order valence-electron chi connectivity index (χ3n) is 7.32. The average molecular weight is 456 g/mol. The maximum Gasteiger partial charge on any atom is 0.241 e. The van der Waals surface area contributed by atoms with Crippen molar-refractivity contribution in [3.63, 3.8) is 0 Å². The molecule has 4 atom stereocenters. The van der Waals surface area contributed by atoms with Crippen LogP contribution in [0, 0.1) is 17.8 Å². The van der Waals surface area contributed by atoms with Crippen molar-refractivity contribution in [3.8, 4) is 0 Å². The van der Waals surface area contributed by atoms with Gasteiger partial charge in [0.25, 0.3) is 0 Å². The summed E-state index contributed by atoms with van der Waals surface area (Å²) in [7, 11) is -3.44. The van der Waals surface area contributed by atoms with E-state index in [1.165, 1.54) is 4.31 Å². The molecule has 0 radical (unpaired) electrons. The van der Waals surface area contributed by atoms with Gasteiger partial charge < -0.3 is 4.90 Å². The molecular formula is C20H30ClN5O3S. The summed E-state index contributed by atoms with van der Waals surface area (Å²) in [5.41, 5.74) is 0. The van der Waals surface area contributed by atoms with E-state index in [0.717, 1.165) is 70.8 Å². The number of carbonyl (C=O) groups excluding carboxylic acids is 1. The molecule has 1 amide bonds. The van der Waals surface area contributed by atoms with Gasteiger partial charge in [-0.2, -0.15) is 0 Å². The molecule has 4 unspecified atom stereocenters. The predicted molar refractivity (Wildman–Crippen MR) is 116 cm³/mol. The fourth-order valence-corrected chi connectivity index (χ4v) is 8.39. The summed E-state index contributed by atoms with van der Waals surface area (Å²) < 4.78 is 27.1. The lowest BCUT2D eigenvalue weighted by Gasteiger charge is -2.34. The number of piperazine rings is 1. The molecule has 2 saturated carbocycles. The van der Waals surface area contributed by atoms with E-state index in [-0.39, 0.29) is 30.2 Å². The molecule has 1 aromatic heterocycles. The van der Waals surface area contributed by atoms with Crippen molar-refractivity contribution in [3.05, 3.63) is 18.5 Å². The van der Waals surface area contributed by atoms with E-state index in [9.17, 15) is 13.2 Å². The van der Waals surface area contributed by atoms with E-state index in [4.69, 9.17) is 0 Å². The van der Waals surface area contributed by atoms with Crippen LogP contribution in [0.15, 0.2) is 18.5 Å². The summed E-state index contributed by atoms with van der Waals surface area (Å²) in [6.45, 7) is 4.98. The van der Waals surface area contributed by atoms with Crippen molar-refractivity contribution >= 4 is 34.3 Å². The van der Waals surface area contributed by atoms with E-state index < -0.39 is 15.3 Å². The summed E-state index contributed by atoms with van der Waals surface area (Å²) in [5.74, 6) is 0.950. The smallest absolute Gasteiger partial charge is 0.241 e. The van der Waals surface area contributed by atoms with E-state index in [1.807, 2.05) is 6.07 Å². The first-order valence-corrected chi connectivity index (χ1v) is 12.4. The minimum atomic E-state index is -3.44. The number of fused-ring (bicyclic) bond motifs is 5. The zero-order valence-corrected chi connectivity index (χ0v) is 18.7. The fourth-order valence-electron chi connectivity index (χ4n) is 5.90. The second-order valence-corrected chi connectivity index (χ2v) is 10.9. The van der Waals surface area contributed by atoms with Crippen LogP contribution < -0.4 is 4.90 Å². The minimum absolute atomic E-state index is 0. The molecular weight excluding hydrogens is 426 g/mol. The van der Waals surface area contributed by atoms with Gasteiger partial charge in [-0.25, -0.2) is 22.7 Å². The third kappa shape index (κ3) is 3.69. The standard InChI is InChI=1S/C20H29N5O3S.ClH/c26-19-17-15-4-5-16(14-15)18(17)29(27,28)25(19)9-2-1-8-23-10-12-24(13-11-23)20-21-6-3-7-22-20;/h3,6-7,15-18H,1-2,4-5,8-14H2;1H. The van der Waals surface area contributed by atoms with Crippen molar-refractivity contribution in [1.82, 2.24) is 19.2 Å². The predicted octanol–water partition coefficient (Wildman–Crippen LogP) is 1.39. The number of sulfonamides is 1. The molecule has 5 rings (SSSR count). The Labute approximate surface area is 184 Å². The van der Waals surface area contributed by atoms with Crippen LogP contribution in [0.4, 0.5) is 5.95 Å². The zero-order chi connectivity index (χ0) is 20.0. The summed E-state index contributed by atoms with van der Waals surface area (Å²) in [6.07, 6.45) is 8.12. The number of amides is 1. The highest BCUT2D eigenvalue weighted by molar-refractivity contribution is 7.90. The first-order valence-electron chi connectivity index (χ1n) is 10.9. The number of rotatable bonds is 6. The molecule has 2 bridgehead atoms. The van der Waals surface area contributed by atoms with Crippen LogP contribution in [0.25, 0.3) is 0 Å². The monoisotopic (exact) mass is 455 g/mol. The summed E-state index contributed by atoms with van der Waals surface area (Å²) in [4.78, 5) is 26.0. The van der Waals surface area contributed by atoms with Crippen LogP contribution >= 0.6 is 12.4 Å². The van der Waals surface area contributed by atoms with E-state index in [2.05, 4.69) is 19.8 Å². The molecule has 4 aliphatic rings. The highest BCUT2D eigenvalue weighted by Gasteiger charge is 2.63. The van der Waals surface area contributed by atoms with E-state index in [0.29, 0.717) is 12.5 Å². The Morgan fingerprint density at radius 3 is 2.33 bits per heavy atom. The van der Waals surface area contributed by atoms with Crippen LogP contribution in [0.5, 0.6) is 0 Å². The van der Waals surface area contributed by atoms with E-state index >= 15 is 0 Å². The Morgan fingerprint density at radius 1 is 0.967 bits per heavy atom. The molecule has 1 aromatic rings. The number of unbranched alkanes of at least 4 members (excludes halogenated alkanes) is 1. The van der Waals surface area contributed by atoms with Crippen molar-refractivity contribution < 1.29 is 13.2 Å². The highest BCUT2D eigenvalue weighted by Crippen LogP contribution is 2.55. The van der Waals surface area contributed by atoms with Crippen LogP contribution in [0.3, 0.4) is 0 Å². The van der Waals surface area contributed by atoms with Gasteiger partial charge in [-0.3, -0.25) is 9.69 Å². The third-order valence-corrected chi connectivity index (χ3v) is 9.66. The molecule has 8 nitrogen and oxygen atoms in total. The Bertz CT molecular complexity index is 862. The minimum Gasteiger partial charge on any atom is -0.338 e. The summed E-state index contributed by atoms with van der Waals surface area (Å²) in [5, 5.41) is -0.415. The molecule has 10 heteroatoms. The fraction of sp³-hybridized carbons (Fsp3) is 0.750. The van der Waals surface area contributed by atoms with Crippen LogP contribution in [0.2, 0.25) is 0 Å². The van der Waals surface area contributed by atoms with Crippen molar-refractivity contribution in [2.24, 2.45) is 17.8 Å². The molecule has 0 N–H and O–H groups in total. The van der Waals surface area contributed by atoms with Crippen LogP contribution in [0.1, 0.15) is 32.1 Å². The quantitative estimate of drug-likeness (QED) is 0.599. The number of nitrogens with zero attached hydrogens (tertiary/aromatic N) is 5. The maximum atomic E-state index is 12.9. The molecule has 4 fully saturated rings. The Kier molecular flexibility index (Phi) is 6.23. The summed E-state index contributed by atoms with van der Waals surface area (Å²) in [6, 6.07) is 1.82. The summed E-state index contributed by atoms with van der Waals surface area (Å²) >= 11 is 0.